The molecule has 0 bridgehead atoms. The van der Waals surface area contributed by atoms with Gasteiger partial charge < -0.3 is 10.1 Å². The van der Waals surface area contributed by atoms with Gasteiger partial charge in [0.1, 0.15) is 11.8 Å². The summed E-state index contributed by atoms with van der Waals surface area (Å²) in [6.45, 7) is 1.55. The smallest absolute Gasteiger partial charge is 0.255 e. The van der Waals surface area contributed by atoms with Crippen LogP contribution in [0, 0.1) is 11.3 Å². The van der Waals surface area contributed by atoms with E-state index in [-0.39, 0.29) is 18.4 Å². The lowest BCUT2D eigenvalue weighted by Crippen LogP contribution is -2.31. The Kier molecular flexibility index (Phi) is 3.71. The second-order valence-corrected chi connectivity index (χ2v) is 4.26. The minimum Gasteiger partial charge on any atom is -0.495 e. The summed E-state index contributed by atoms with van der Waals surface area (Å²) in [5, 5.41) is 12.0. The van der Waals surface area contributed by atoms with E-state index in [1.807, 2.05) is 6.07 Å². The molecule has 1 aromatic carbocycles. The molecule has 6 nitrogen and oxygen atoms in total. The Hall–Kier alpha value is -2.81. The van der Waals surface area contributed by atoms with Gasteiger partial charge in [0.05, 0.1) is 19.2 Å². The number of nitrogens with one attached hydrogen (secondary N) is 1. The lowest BCUT2D eigenvalue weighted by molar-refractivity contribution is -0.138. The fraction of sp³-hybridized carbons (Fsp3) is 0.214. The lowest BCUT2D eigenvalue weighted by atomic mass is 10.2. The summed E-state index contributed by atoms with van der Waals surface area (Å²) >= 11 is 0. The molecule has 0 saturated heterocycles. The number of methoxy groups -OCH3 is 1. The molecular formula is C14H13N3O3. The normalized spacial score (nSPS) is 13.8. The molecule has 1 aliphatic rings. The van der Waals surface area contributed by atoms with Crippen LogP contribution in [-0.2, 0) is 9.59 Å². The highest BCUT2D eigenvalue weighted by Crippen LogP contribution is 2.23. The van der Waals surface area contributed by atoms with Gasteiger partial charge in [0.25, 0.3) is 5.91 Å². The van der Waals surface area contributed by atoms with E-state index in [2.05, 4.69) is 5.32 Å². The van der Waals surface area contributed by atoms with Crippen molar-refractivity contribution < 1.29 is 14.3 Å². The lowest BCUT2D eigenvalue weighted by Gasteiger charge is -2.13. The Morgan fingerprint density at radius 1 is 1.50 bits per heavy atom. The van der Waals surface area contributed by atoms with Crippen molar-refractivity contribution in [1.29, 1.82) is 5.26 Å². The highest BCUT2D eigenvalue weighted by molar-refractivity contribution is 6.03. The zero-order valence-corrected chi connectivity index (χ0v) is 11.1. The first-order valence-corrected chi connectivity index (χ1v) is 5.93. The molecule has 0 saturated carbocycles. The van der Waals surface area contributed by atoms with Crippen LogP contribution in [0.3, 0.4) is 0 Å². The largest absolute Gasteiger partial charge is 0.495 e. The third-order valence-electron chi connectivity index (χ3n) is 2.90. The van der Waals surface area contributed by atoms with Gasteiger partial charge in [-0.1, -0.05) is 0 Å². The van der Waals surface area contributed by atoms with Crippen molar-refractivity contribution in [3.63, 3.8) is 0 Å². The standard InChI is InChI=1S/C14H13N3O3/c1-9(18)17-8-12(6-14(17)19)16-11-3-4-13(20-2)10(5-11)7-15/h3-6,16H,8H2,1-2H3. The monoisotopic (exact) mass is 271 g/mol. The second kappa shape index (κ2) is 5.45. The number of benzene rings is 1. The molecule has 2 rings (SSSR count). The number of hydrogen-bond acceptors (Lipinski definition) is 5. The number of amides is 2. The van der Waals surface area contributed by atoms with Gasteiger partial charge in [-0.15, -0.1) is 0 Å². The first-order chi connectivity index (χ1) is 9.55. The summed E-state index contributed by atoms with van der Waals surface area (Å²) in [6, 6.07) is 7.06. The molecule has 2 amide bonds. The highest BCUT2D eigenvalue weighted by atomic mass is 16.5. The summed E-state index contributed by atoms with van der Waals surface area (Å²) in [6.07, 6.45) is 1.37. The zero-order chi connectivity index (χ0) is 14.7. The molecule has 0 aliphatic carbocycles. The van der Waals surface area contributed by atoms with Gasteiger partial charge in [0.2, 0.25) is 5.91 Å². The van der Waals surface area contributed by atoms with Crippen LogP contribution in [0.4, 0.5) is 5.69 Å². The quantitative estimate of drug-likeness (QED) is 0.894. The van der Waals surface area contributed by atoms with Crippen LogP contribution in [0.5, 0.6) is 5.75 Å². The number of rotatable bonds is 3. The zero-order valence-electron chi connectivity index (χ0n) is 11.1. The molecule has 102 valence electrons. The van der Waals surface area contributed by atoms with Gasteiger partial charge in [-0.2, -0.15) is 5.26 Å². The van der Waals surface area contributed by atoms with E-state index in [0.717, 1.165) is 4.90 Å². The van der Waals surface area contributed by atoms with Crippen LogP contribution < -0.4 is 10.1 Å². The van der Waals surface area contributed by atoms with Crippen molar-refractivity contribution >= 4 is 17.5 Å². The Morgan fingerprint density at radius 2 is 2.25 bits per heavy atom. The number of anilines is 1. The van der Waals surface area contributed by atoms with Crippen molar-refractivity contribution in [3.8, 4) is 11.8 Å². The van der Waals surface area contributed by atoms with Crippen LogP contribution in [0.1, 0.15) is 12.5 Å². The van der Waals surface area contributed by atoms with E-state index in [1.165, 1.54) is 20.1 Å². The molecule has 0 aromatic heterocycles. The molecule has 20 heavy (non-hydrogen) atoms. The average Bonchev–Trinajstić information content (AvgIpc) is 2.79. The predicted molar refractivity (Wildman–Crippen MR) is 71.8 cm³/mol. The Labute approximate surface area is 116 Å². The molecule has 0 radical (unpaired) electrons. The van der Waals surface area contributed by atoms with Crippen LogP contribution in [0.2, 0.25) is 0 Å². The van der Waals surface area contributed by atoms with Gasteiger partial charge in [0.15, 0.2) is 0 Å². The van der Waals surface area contributed by atoms with Crippen molar-refractivity contribution in [2.75, 3.05) is 19.0 Å². The van der Waals surface area contributed by atoms with Crippen molar-refractivity contribution in [3.05, 3.63) is 35.5 Å². The molecule has 0 fully saturated rings. The minimum absolute atomic E-state index is 0.210. The maximum atomic E-state index is 11.6. The van der Waals surface area contributed by atoms with E-state index < -0.39 is 0 Å². The second-order valence-electron chi connectivity index (χ2n) is 4.26. The fourth-order valence-corrected chi connectivity index (χ4v) is 1.92. The summed E-state index contributed by atoms with van der Waals surface area (Å²) in [5.74, 6) is -0.149. The average molecular weight is 271 g/mol. The van der Waals surface area contributed by atoms with Crippen LogP contribution in [0.25, 0.3) is 0 Å². The fourth-order valence-electron chi connectivity index (χ4n) is 1.92. The van der Waals surface area contributed by atoms with Crippen LogP contribution >= 0.6 is 0 Å². The van der Waals surface area contributed by atoms with E-state index in [1.54, 1.807) is 18.2 Å². The number of ether oxygens (including phenoxy) is 1. The number of hydrogen-bond donors (Lipinski definition) is 1. The van der Waals surface area contributed by atoms with E-state index in [4.69, 9.17) is 10.00 Å². The summed E-state index contributed by atoms with van der Waals surface area (Å²) < 4.78 is 5.05. The summed E-state index contributed by atoms with van der Waals surface area (Å²) in [4.78, 5) is 23.9. The third kappa shape index (κ3) is 2.62. The van der Waals surface area contributed by atoms with Gasteiger partial charge in [-0.25, -0.2) is 0 Å². The molecule has 1 aliphatic heterocycles. The molecule has 1 heterocycles. The summed E-state index contributed by atoms with van der Waals surface area (Å²) in [7, 11) is 1.49. The van der Waals surface area contributed by atoms with Gasteiger partial charge >= 0.3 is 0 Å². The van der Waals surface area contributed by atoms with Crippen LogP contribution in [0.15, 0.2) is 30.0 Å². The van der Waals surface area contributed by atoms with Gasteiger partial charge in [-0.3, -0.25) is 14.5 Å². The molecule has 1 N–H and O–H groups in total. The van der Waals surface area contributed by atoms with E-state index >= 15 is 0 Å². The molecule has 0 unspecified atom stereocenters. The maximum absolute atomic E-state index is 11.6. The van der Waals surface area contributed by atoms with E-state index in [0.29, 0.717) is 22.7 Å². The molecule has 0 atom stereocenters. The SMILES string of the molecule is COc1ccc(NC2=CC(=O)N(C(C)=O)C2)cc1C#N. The van der Waals surface area contributed by atoms with Crippen LogP contribution in [-0.4, -0.2) is 30.4 Å². The Bertz CT molecular complexity index is 644. The number of nitriles is 1. The highest BCUT2D eigenvalue weighted by Gasteiger charge is 2.24. The van der Waals surface area contributed by atoms with Crippen molar-refractivity contribution in [2.24, 2.45) is 0 Å². The first kappa shape index (κ1) is 13.6. The molecule has 6 heteroatoms. The first-order valence-electron chi connectivity index (χ1n) is 5.93. The maximum Gasteiger partial charge on any atom is 0.255 e. The Balaban J connectivity index is 2.16. The molecular weight excluding hydrogens is 258 g/mol. The Morgan fingerprint density at radius 3 is 2.80 bits per heavy atom. The topological polar surface area (TPSA) is 82.4 Å². The molecule has 1 aromatic rings. The van der Waals surface area contributed by atoms with Crippen molar-refractivity contribution in [1.82, 2.24) is 4.90 Å². The third-order valence-corrected chi connectivity index (χ3v) is 2.90. The van der Waals surface area contributed by atoms with Gasteiger partial charge in [-0.05, 0) is 18.2 Å². The van der Waals surface area contributed by atoms with Gasteiger partial charge in [0, 0.05) is 24.4 Å². The van der Waals surface area contributed by atoms with E-state index in [9.17, 15) is 9.59 Å². The number of imide groups is 1. The number of nitrogens with zero attached hydrogens (tertiary/aromatic N) is 2. The van der Waals surface area contributed by atoms with Crippen molar-refractivity contribution in [2.45, 2.75) is 6.92 Å². The predicted octanol–water partition coefficient (Wildman–Crippen LogP) is 1.25. The molecule has 0 spiro atoms. The summed E-state index contributed by atoms with van der Waals surface area (Å²) in [5.41, 5.74) is 1.66. The number of carbonyl (C=O) groups is 2. The number of carbonyl (C=O) groups excluding carboxylic acids is 2. The minimum atomic E-state index is -0.339.